The van der Waals surface area contributed by atoms with Gasteiger partial charge >= 0.3 is 5.97 Å². The van der Waals surface area contributed by atoms with Gasteiger partial charge in [0.05, 0.1) is 0 Å². The van der Waals surface area contributed by atoms with Crippen LogP contribution >= 0.6 is 0 Å². The fourth-order valence-electron chi connectivity index (χ4n) is 2.89. The van der Waals surface area contributed by atoms with E-state index in [2.05, 4.69) is 0 Å². The summed E-state index contributed by atoms with van der Waals surface area (Å²) in [6.07, 6.45) is 6.82. The van der Waals surface area contributed by atoms with Crippen molar-refractivity contribution in [2.75, 3.05) is 0 Å². The van der Waals surface area contributed by atoms with Gasteiger partial charge in [0.1, 0.15) is 0 Å². The number of carboxylic acids is 1. The molecular weight excluding hydrogens is 242 g/mol. The van der Waals surface area contributed by atoms with Crippen LogP contribution in [-0.4, -0.2) is 15.6 Å². The summed E-state index contributed by atoms with van der Waals surface area (Å²) in [7, 11) is 0. The zero-order valence-corrected chi connectivity index (χ0v) is 11.3. The Morgan fingerprint density at radius 3 is 2.58 bits per heavy atom. The van der Waals surface area contributed by atoms with Crippen LogP contribution in [0.3, 0.4) is 0 Å². The zero-order chi connectivity index (χ0) is 14.0. The number of aryl methyl sites for hydroxylation is 2. The molecule has 0 amide bonds. The van der Waals surface area contributed by atoms with Crippen molar-refractivity contribution in [1.29, 1.82) is 0 Å². The van der Waals surface area contributed by atoms with Crippen molar-refractivity contribution in [2.24, 2.45) is 0 Å². The monoisotopic (exact) mass is 261 g/mol. The molecule has 19 heavy (non-hydrogen) atoms. The maximum Gasteiger partial charge on any atom is 0.328 e. The summed E-state index contributed by atoms with van der Waals surface area (Å²) in [6, 6.07) is 2.23. The van der Waals surface area contributed by atoms with Crippen molar-refractivity contribution in [1.82, 2.24) is 4.57 Å². The predicted molar refractivity (Wildman–Crippen MR) is 74.4 cm³/mol. The van der Waals surface area contributed by atoms with Crippen molar-refractivity contribution in [2.45, 2.75) is 45.6 Å². The average molecular weight is 261 g/mol. The zero-order valence-electron chi connectivity index (χ0n) is 11.3. The van der Waals surface area contributed by atoms with Crippen LogP contribution in [0.4, 0.5) is 0 Å². The van der Waals surface area contributed by atoms with Gasteiger partial charge in [0.2, 0.25) is 0 Å². The van der Waals surface area contributed by atoms with Gasteiger partial charge in [0, 0.05) is 23.4 Å². The average Bonchev–Trinajstić information content (AvgIpc) is 2.81. The molecule has 1 aromatic heterocycles. The Kier molecular flexibility index (Phi) is 3.88. The highest BCUT2D eigenvalue weighted by molar-refractivity contribution is 5.85. The minimum absolute atomic E-state index is 0.0677. The SMILES string of the molecule is Cc1cc(C)n(C2CCCC2)c(=O)c1/C=C/C(=O)O. The molecule has 0 atom stereocenters. The fraction of sp³-hybridized carbons (Fsp3) is 0.467. The largest absolute Gasteiger partial charge is 0.478 e. The highest BCUT2D eigenvalue weighted by atomic mass is 16.4. The topological polar surface area (TPSA) is 59.3 Å². The molecule has 102 valence electrons. The van der Waals surface area contributed by atoms with Crippen LogP contribution in [0.25, 0.3) is 6.08 Å². The van der Waals surface area contributed by atoms with Crippen molar-refractivity contribution < 1.29 is 9.90 Å². The van der Waals surface area contributed by atoms with Crippen LogP contribution < -0.4 is 5.56 Å². The van der Waals surface area contributed by atoms with Crippen LogP contribution in [-0.2, 0) is 4.79 Å². The molecule has 0 bridgehead atoms. The maximum absolute atomic E-state index is 12.5. The molecule has 4 heteroatoms. The van der Waals surface area contributed by atoms with E-state index in [0.29, 0.717) is 5.56 Å². The minimum atomic E-state index is -1.04. The first-order valence-electron chi connectivity index (χ1n) is 6.64. The molecule has 1 heterocycles. The molecule has 0 radical (unpaired) electrons. The van der Waals surface area contributed by atoms with E-state index in [1.165, 1.54) is 6.08 Å². The first kappa shape index (κ1) is 13.6. The molecule has 1 aromatic rings. The number of carboxylic acid groups (broad SMARTS) is 1. The number of aromatic nitrogens is 1. The molecule has 0 unspecified atom stereocenters. The van der Waals surface area contributed by atoms with Crippen LogP contribution in [0.2, 0.25) is 0 Å². The molecule has 1 saturated carbocycles. The summed E-state index contributed by atoms with van der Waals surface area (Å²) in [5.74, 6) is -1.04. The van der Waals surface area contributed by atoms with E-state index in [0.717, 1.165) is 43.0 Å². The lowest BCUT2D eigenvalue weighted by atomic mass is 10.1. The molecule has 1 fully saturated rings. The molecule has 1 aliphatic rings. The third kappa shape index (κ3) is 2.78. The number of rotatable bonds is 3. The highest BCUT2D eigenvalue weighted by Crippen LogP contribution is 2.29. The molecule has 4 nitrogen and oxygen atoms in total. The van der Waals surface area contributed by atoms with Gasteiger partial charge in [-0.3, -0.25) is 4.79 Å². The Morgan fingerprint density at radius 1 is 1.37 bits per heavy atom. The van der Waals surface area contributed by atoms with Gasteiger partial charge in [-0.1, -0.05) is 12.8 Å². The molecular formula is C15H19NO3. The number of hydrogen-bond acceptors (Lipinski definition) is 2. The van der Waals surface area contributed by atoms with E-state index in [-0.39, 0.29) is 11.6 Å². The van der Waals surface area contributed by atoms with Crippen molar-refractivity contribution >= 4 is 12.0 Å². The molecule has 0 aromatic carbocycles. The molecule has 2 rings (SSSR count). The normalized spacial score (nSPS) is 16.3. The fourth-order valence-corrected chi connectivity index (χ4v) is 2.89. The number of pyridine rings is 1. The van der Waals surface area contributed by atoms with Crippen molar-refractivity contribution in [3.63, 3.8) is 0 Å². The molecule has 0 spiro atoms. The Labute approximate surface area is 112 Å². The second-order valence-electron chi connectivity index (χ2n) is 5.17. The lowest BCUT2D eigenvalue weighted by Crippen LogP contribution is -2.28. The van der Waals surface area contributed by atoms with Gasteiger partial charge in [-0.2, -0.15) is 0 Å². The quantitative estimate of drug-likeness (QED) is 0.851. The molecule has 0 saturated heterocycles. The van der Waals surface area contributed by atoms with Gasteiger partial charge in [-0.25, -0.2) is 4.79 Å². The van der Waals surface area contributed by atoms with Gasteiger partial charge in [0.15, 0.2) is 0 Å². The first-order valence-corrected chi connectivity index (χ1v) is 6.64. The van der Waals surface area contributed by atoms with Crippen LogP contribution in [0.1, 0.15) is 48.5 Å². The summed E-state index contributed by atoms with van der Waals surface area (Å²) in [6.45, 7) is 3.78. The number of hydrogen-bond donors (Lipinski definition) is 1. The van der Waals surface area contributed by atoms with E-state index < -0.39 is 5.97 Å². The van der Waals surface area contributed by atoms with E-state index >= 15 is 0 Å². The molecule has 1 aliphatic carbocycles. The molecule has 1 N–H and O–H groups in total. The van der Waals surface area contributed by atoms with E-state index in [1.54, 1.807) is 0 Å². The number of carbonyl (C=O) groups is 1. The summed E-state index contributed by atoms with van der Waals surface area (Å²) in [4.78, 5) is 23.1. The van der Waals surface area contributed by atoms with Gasteiger partial charge in [0.25, 0.3) is 5.56 Å². The summed E-state index contributed by atoms with van der Waals surface area (Å²) >= 11 is 0. The van der Waals surface area contributed by atoms with Gasteiger partial charge in [-0.05, 0) is 44.4 Å². The lowest BCUT2D eigenvalue weighted by Gasteiger charge is -2.18. The maximum atomic E-state index is 12.5. The minimum Gasteiger partial charge on any atom is -0.478 e. The number of aliphatic carboxylic acids is 1. The van der Waals surface area contributed by atoms with Crippen molar-refractivity contribution in [3.8, 4) is 0 Å². The second-order valence-corrected chi connectivity index (χ2v) is 5.17. The van der Waals surface area contributed by atoms with E-state index in [9.17, 15) is 9.59 Å². The smallest absolute Gasteiger partial charge is 0.328 e. The lowest BCUT2D eigenvalue weighted by molar-refractivity contribution is -0.131. The summed E-state index contributed by atoms with van der Waals surface area (Å²) in [5, 5.41) is 8.70. The third-order valence-electron chi connectivity index (χ3n) is 3.76. The van der Waals surface area contributed by atoms with E-state index in [1.807, 2.05) is 24.5 Å². The summed E-state index contributed by atoms with van der Waals surface area (Å²) < 4.78 is 1.83. The predicted octanol–water partition coefficient (Wildman–Crippen LogP) is 2.68. The number of nitrogens with zero attached hydrogens (tertiary/aromatic N) is 1. The van der Waals surface area contributed by atoms with Crippen molar-refractivity contribution in [3.05, 3.63) is 39.3 Å². The Hall–Kier alpha value is -1.84. The Balaban J connectivity index is 2.52. The molecule has 0 aliphatic heterocycles. The highest BCUT2D eigenvalue weighted by Gasteiger charge is 2.20. The van der Waals surface area contributed by atoms with Crippen LogP contribution in [0.5, 0.6) is 0 Å². The van der Waals surface area contributed by atoms with Crippen LogP contribution in [0, 0.1) is 13.8 Å². The van der Waals surface area contributed by atoms with Crippen LogP contribution in [0.15, 0.2) is 16.9 Å². The van der Waals surface area contributed by atoms with Gasteiger partial charge in [-0.15, -0.1) is 0 Å². The summed E-state index contributed by atoms with van der Waals surface area (Å²) in [5.41, 5.74) is 2.21. The third-order valence-corrected chi connectivity index (χ3v) is 3.76. The van der Waals surface area contributed by atoms with E-state index in [4.69, 9.17) is 5.11 Å². The Morgan fingerprint density at radius 2 is 2.00 bits per heavy atom. The Bertz CT molecular complexity index is 578. The van der Waals surface area contributed by atoms with Gasteiger partial charge < -0.3 is 9.67 Å². The first-order chi connectivity index (χ1) is 9.00. The standard InChI is InChI=1S/C15H19NO3/c1-10-9-11(2)16(12-5-3-4-6-12)15(19)13(10)7-8-14(17)18/h7-9,12H,3-6H2,1-2H3,(H,17,18)/b8-7+. The second kappa shape index (κ2) is 5.43.